The van der Waals surface area contributed by atoms with Crippen molar-refractivity contribution >= 4 is 65.2 Å². The van der Waals surface area contributed by atoms with Gasteiger partial charge in [-0.15, -0.1) is 0 Å². The van der Waals surface area contributed by atoms with Crippen LogP contribution in [0.15, 0.2) is 191 Å². The van der Waals surface area contributed by atoms with E-state index < -0.39 is 0 Å². The van der Waals surface area contributed by atoms with Crippen molar-refractivity contribution in [2.24, 2.45) is 0 Å². The Morgan fingerprint density at radius 3 is 1.52 bits per heavy atom. The first-order valence-electron chi connectivity index (χ1n) is 17.8. The molecule has 0 bridgehead atoms. The van der Waals surface area contributed by atoms with Gasteiger partial charge >= 0.3 is 0 Å². The zero-order valence-electron chi connectivity index (χ0n) is 28.1. The second kappa shape index (κ2) is 11.3. The molecule has 2 heteroatoms. The number of hydrogen-bond donors (Lipinski definition) is 0. The van der Waals surface area contributed by atoms with Crippen molar-refractivity contribution < 1.29 is 8.83 Å². The number of para-hydroxylation sites is 2. The van der Waals surface area contributed by atoms with Crippen LogP contribution >= 0.6 is 0 Å². The maximum Gasteiger partial charge on any atom is 0.143 e. The molecule has 11 aromatic rings. The Morgan fingerprint density at radius 1 is 0.269 bits per heavy atom. The summed E-state index contributed by atoms with van der Waals surface area (Å²) < 4.78 is 13.1. The van der Waals surface area contributed by atoms with E-state index in [4.69, 9.17) is 8.83 Å². The van der Waals surface area contributed by atoms with Crippen LogP contribution in [0.4, 0.5) is 0 Å². The van der Waals surface area contributed by atoms with E-state index in [1.54, 1.807) is 0 Å². The molecule has 0 spiro atoms. The summed E-state index contributed by atoms with van der Waals surface area (Å²) >= 11 is 0. The smallest absolute Gasteiger partial charge is 0.143 e. The minimum Gasteiger partial charge on any atom is -0.456 e. The summed E-state index contributed by atoms with van der Waals surface area (Å²) in [5, 5.41) is 10.5. The van der Waals surface area contributed by atoms with E-state index >= 15 is 0 Å². The van der Waals surface area contributed by atoms with E-state index in [2.05, 4.69) is 170 Å². The van der Waals surface area contributed by atoms with Crippen LogP contribution < -0.4 is 0 Å². The van der Waals surface area contributed by atoms with Crippen molar-refractivity contribution in [1.82, 2.24) is 0 Å². The Kier molecular flexibility index (Phi) is 6.28. The molecule has 2 aromatic heterocycles. The summed E-state index contributed by atoms with van der Waals surface area (Å²) in [4.78, 5) is 0. The number of furan rings is 2. The van der Waals surface area contributed by atoms with Gasteiger partial charge in [0.1, 0.15) is 22.5 Å². The highest BCUT2D eigenvalue weighted by molar-refractivity contribution is 6.25. The van der Waals surface area contributed by atoms with Crippen LogP contribution in [-0.4, -0.2) is 0 Å². The van der Waals surface area contributed by atoms with Gasteiger partial charge in [-0.2, -0.15) is 0 Å². The third kappa shape index (κ3) is 4.31. The van der Waals surface area contributed by atoms with Gasteiger partial charge in [0.05, 0.1) is 0 Å². The molecule has 0 amide bonds. The monoisotopic (exact) mass is 662 g/mol. The Hall–Kier alpha value is -6.90. The highest BCUT2D eigenvalue weighted by atomic mass is 16.3. The first-order valence-corrected chi connectivity index (χ1v) is 17.8. The van der Waals surface area contributed by atoms with Crippen LogP contribution in [0.25, 0.3) is 110 Å². The fourth-order valence-electron chi connectivity index (χ4n) is 8.36. The quantitative estimate of drug-likeness (QED) is 0.175. The number of fused-ring (bicyclic) bond motifs is 7. The van der Waals surface area contributed by atoms with Gasteiger partial charge < -0.3 is 8.83 Å². The molecule has 0 N–H and O–H groups in total. The molecule has 0 fully saturated rings. The summed E-state index contributed by atoms with van der Waals surface area (Å²) in [6.07, 6.45) is 0. The molecule has 2 heterocycles. The van der Waals surface area contributed by atoms with Gasteiger partial charge in [0.25, 0.3) is 0 Å². The molecule has 0 aliphatic heterocycles. The second-order valence-corrected chi connectivity index (χ2v) is 13.6. The molecule has 11 rings (SSSR count). The van der Waals surface area contributed by atoms with Crippen molar-refractivity contribution in [1.29, 1.82) is 0 Å². The minimum atomic E-state index is 0.855. The molecular formula is C50H30O2. The predicted octanol–water partition coefficient (Wildman–Crippen LogP) is 14.5. The Balaban J connectivity index is 1.22. The largest absolute Gasteiger partial charge is 0.456 e. The van der Waals surface area contributed by atoms with E-state index in [1.807, 2.05) is 12.1 Å². The van der Waals surface area contributed by atoms with Gasteiger partial charge in [-0.25, -0.2) is 0 Å². The van der Waals surface area contributed by atoms with Crippen LogP contribution in [0.5, 0.6) is 0 Å². The SMILES string of the molecule is c1ccc(-c2c3ccccc3c(-c3c(-c4ccc5oc6ccccc6c5c4)oc4ccccc34)c3ccccc23)c(-c2ccc3ccccc3c2)c1. The third-order valence-corrected chi connectivity index (χ3v) is 10.7. The zero-order chi connectivity index (χ0) is 34.2. The van der Waals surface area contributed by atoms with E-state index in [1.165, 1.54) is 60.1 Å². The van der Waals surface area contributed by atoms with Crippen LogP contribution in [0, 0.1) is 0 Å². The van der Waals surface area contributed by atoms with Gasteiger partial charge in [-0.1, -0.05) is 146 Å². The molecule has 9 aromatic carbocycles. The van der Waals surface area contributed by atoms with Crippen LogP contribution in [-0.2, 0) is 0 Å². The van der Waals surface area contributed by atoms with Crippen molar-refractivity contribution in [2.45, 2.75) is 0 Å². The Bertz CT molecular complexity index is 3140. The average Bonchev–Trinajstić information content (AvgIpc) is 3.78. The number of hydrogen-bond acceptors (Lipinski definition) is 2. The standard InChI is InChI=1S/C50H30O2/c1-2-14-32-29-33(26-25-31(32)13-1)35-15-3-4-17-37(35)47-38-18-5-7-20-40(38)48(41-21-8-6-19-39(41)47)49-42-22-10-12-24-45(42)52-50(49)34-27-28-46-43(30-34)36-16-9-11-23-44(36)51-46/h1-30H. The fourth-order valence-corrected chi connectivity index (χ4v) is 8.36. The van der Waals surface area contributed by atoms with E-state index in [0.717, 1.165) is 49.8 Å². The molecule has 0 atom stereocenters. The fraction of sp³-hybridized carbons (Fsp3) is 0. The molecule has 0 aliphatic rings. The summed E-state index contributed by atoms with van der Waals surface area (Å²) in [6.45, 7) is 0. The summed E-state index contributed by atoms with van der Waals surface area (Å²) in [6, 6.07) is 65.1. The summed E-state index contributed by atoms with van der Waals surface area (Å²) in [5.41, 5.74) is 10.8. The predicted molar refractivity (Wildman–Crippen MR) is 218 cm³/mol. The van der Waals surface area contributed by atoms with Crippen molar-refractivity contribution in [3.05, 3.63) is 182 Å². The second-order valence-electron chi connectivity index (χ2n) is 13.6. The maximum absolute atomic E-state index is 6.87. The van der Waals surface area contributed by atoms with Crippen LogP contribution in [0.3, 0.4) is 0 Å². The molecular weight excluding hydrogens is 633 g/mol. The lowest BCUT2D eigenvalue weighted by atomic mass is 9.83. The summed E-state index contributed by atoms with van der Waals surface area (Å²) in [7, 11) is 0. The van der Waals surface area contributed by atoms with Crippen LogP contribution in [0.1, 0.15) is 0 Å². The Morgan fingerprint density at radius 2 is 0.788 bits per heavy atom. The van der Waals surface area contributed by atoms with Gasteiger partial charge in [-0.05, 0) is 91.0 Å². The maximum atomic E-state index is 6.87. The molecule has 0 aliphatic carbocycles. The molecule has 0 saturated carbocycles. The van der Waals surface area contributed by atoms with Gasteiger partial charge in [-0.3, -0.25) is 0 Å². The molecule has 52 heavy (non-hydrogen) atoms. The van der Waals surface area contributed by atoms with Crippen molar-refractivity contribution in [2.75, 3.05) is 0 Å². The first-order chi connectivity index (χ1) is 25.8. The molecule has 0 radical (unpaired) electrons. The van der Waals surface area contributed by atoms with Crippen LogP contribution in [0.2, 0.25) is 0 Å². The van der Waals surface area contributed by atoms with E-state index in [0.29, 0.717) is 0 Å². The lowest BCUT2D eigenvalue weighted by molar-refractivity contribution is 0.632. The first kappa shape index (κ1) is 28.9. The zero-order valence-corrected chi connectivity index (χ0v) is 28.1. The molecule has 242 valence electrons. The Labute approximate surface area is 299 Å². The lowest BCUT2D eigenvalue weighted by Gasteiger charge is -2.20. The van der Waals surface area contributed by atoms with Gasteiger partial charge in [0, 0.05) is 32.8 Å². The average molecular weight is 663 g/mol. The molecule has 0 unspecified atom stereocenters. The van der Waals surface area contributed by atoms with E-state index in [-0.39, 0.29) is 0 Å². The third-order valence-electron chi connectivity index (χ3n) is 10.7. The summed E-state index contributed by atoms with van der Waals surface area (Å²) in [5.74, 6) is 0.855. The van der Waals surface area contributed by atoms with Gasteiger partial charge in [0.2, 0.25) is 0 Å². The molecule has 2 nitrogen and oxygen atoms in total. The normalized spacial score (nSPS) is 11.8. The van der Waals surface area contributed by atoms with Crippen molar-refractivity contribution in [3.63, 3.8) is 0 Å². The van der Waals surface area contributed by atoms with Crippen molar-refractivity contribution in [3.8, 4) is 44.7 Å². The molecule has 0 saturated heterocycles. The van der Waals surface area contributed by atoms with E-state index in [9.17, 15) is 0 Å². The number of rotatable bonds is 4. The topological polar surface area (TPSA) is 26.3 Å². The highest BCUT2D eigenvalue weighted by Crippen LogP contribution is 2.51. The van der Waals surface area contributed by atoms with Gasteiger partial charge in [0.15, 0.2) is 0 Å². The minimum absolute atomic E-state index is 0.855. The lowest BCUT2D eigenvalue weighted by Crippen LogP contribution is -1.93. The number of benzene rings is 9. The highest BCUT2D eigenvalue weighted by Gasteiger charge is 2.25.